The lowest BCUT2D eigenvalue weighted by atomic mass is 9.94. The number of carbonyl (C=O) groups excluding carboxylic acids is 1. The number of halogens is 1. The number of ether oxygens (including phenoxy) is 4. The van der Waals surface area contributed by atoms with Crippen LogP contribution in [0.25, 0.3) is 0 Å². The predicted molar refractivity (Wildman–Crippen MR) is 107 cm³/mol. The minimum atomic E-state index is -1.33. The summed E-state index contributed by atoms with van der Waals surface area (Å²) in [6.45, 7) is 3.17. The average Bonchev–Trinajstić information content (AvgIpc) is 2.69. The van der Waals surface area contributed by atoms with Gasteiger partial charge in [0.1, 0.15) is 0 Å². The van der Waals surface area contributed by atoms with Crippen LogP contribution in [0.1, 0.15) is 16.7 Å². The molecular formula is C21H24ClNO5. The van der Waals surface area contributed by atoms with Crippen LogP contribution in [0, 0.1) is 6.92 Å². The van der Waals surface area contributed by atoms with E-state index >= 15 is 0 Å². The van der Waals surface area contributed by atoms with Crippen molar-refractivity contribution in [2.75, 3.05) is 40.6 Å². The number of benzene rings is 2. The largest absolute Gasteiger partial charge is 0.382 e. The highest BCUT2D eigenvalue weighted by atomic mass is 35.5. The summed E-state index contributed by atoms with van der Waals surface area (Å²) in [4.78, 5) is 14.9. The van der Waals surface area contributed by atoms with Crippen molar-refractivity contribution in [2.45, 2.75) is 12.7 Å². The molecular weight excluding hydrogens is 382 g/mol. The number of methoxy groups -OCH3 is 2. The number of aliphatic imine (C=N–C) groups is 1. The zero-order chi connectivity index (χ0) is 20.4. The second-order valence-electron chi connectivity index (χ2n) is 6.03. The van der Waals surface area contributed by atoms with Gasteiger partial charge < -0.3 is 18.9 Å². The van der Waals surface area contributed by atoms with Crippen LogP contribution >= 0.6 is 11.6 Å². The smallest absolute Gasteiger partial charge is 0.240 e. The van der Waals surface area contributed by atoms with E-state index in [0.717, 1.165) is 5.56 Å². The molecule has 6 nitrogen and oxygen atoms in total. The highest BCUT2D eigenvalue weighted by Crippen LogP contribution is 2.41. The van der Waals surface area contributed by atoms with Crippen LogP contribution in [0.3, 0.4) is 0 Å². The van der Waals surface area contributed by atoms with E-state index in [9.17, 15) is 4.79 Å². The van der Waals surface area contributed by atoms with E-state index in [1.807, 2.05) is 31.2 Å². The molecule has 0 atom stereocenters. The second-order valence-corrected chi connectivity index (χ2v) is 6.47. The number of rotatable bonds is 11. The Hall–Kier alpha value is -2.05. The van der Waals surface area contributed by atoms with Crippen molar-refractivity contribution in [3.05, 3.63) is 64.2 Å². The van der Waals surface area contributed by atoms with Crippen LogP contribution < -0.4 is 0 Å². The van der Waals surface area contributed by atoms with Crippen LogP contribution in [0.2, 0.25) is 5.02 Å². The zero-order valence-corrected chi connectivity index (χ0v) is 17.0. The van der Waals surface area contributed by atoms with Gasteiger partial charge in [-0.2, -0.15) is 4.99 Å². The lowest BCUT2D eigenvalue weighted by Gasteiger charge is -2.35. The maximum Gasteiger partial charge on any atom is 0.240 e. The van der Waals surface area contributed by atoms with E-state index in [4.69, 9.17) is 30.5 Å². The molecule has 7 heteroatoms. The van der Waals surface area contributed by atoms with Gasteiger partial charge in [0.25, 0.3) is 0 Å². The molecule has 0 aliphatic heterocycles. The van der Waals surface area contributed by atoms with Gasteiger partial charge in [-0.05, 0) is 31.2 Å². The van der Waals surface area contributed by atoms with Gasteiger partial charge in [0.05, 0.1) is 32.1 Å². The molecule has 2 aromatic rings. The molecule has 0 aromatic heterocycles. The van der Waals surface area contributed by atoms with Gasteiger partial charge in [-0.1, -0.05) is 35.4 Å². The molecule has 0 radical (unpaired) electrons. The summed E-state index contributed by atoms with van der Waals surface area (Å²) in [6, 6.07) is 12.6. The summed E-state index contributed by atoms with van der Waals surface area (Å²) >= 11 is 6.08. The van der Waals surface area contributed by atoms with Crippen molar-refractivity contribution < 1.29 is 23.7 Å². The molecule has 2 rings (SSSR count). The molecule has 0 N–H and O–H groups in total. The Labute approximate surface area is 170 Å². The Morgan fingerprint density at radius 3 is 2.11 bits per heavy atom. The zero-order valence-electron chi connectivity index (χ0n) is 16.2. The van der Waals surface area contributed by atoms with E-state index in [2.05, 4.69) is 4.99 Å². The fraction of sp³-hybridized carbons (Fsp3) is 0.381. The van der Waals surface area contributed by atoms with Crippen molar-refractivity contribution >= 4 is 23.4 Å². The molecule has 0 aliphatic carbocycles. The molecule has 0 saturated heterocycles. The van der Waals surface area contributed by atoms with E-state index < -0.39 is 5.79 Å². The highest BCUT2D eigenvalue weighted by Gasteiger charge is 2.39. The predicted octanol–water partition coefficient (Wildman–Crippen LogP) is 4.14. The SMILES string of the molecule is COCCOC(OCCOC)(c1ccc(Cl)cc1)c1cc(C)ccc1N=C=O. The Bertz CT molecular complexity index is 793. The van der Waals surface area contributed by atoms with Gasteiger partial charge in [-0.15, -0.1) is 0 Å². The maximum atomic E-state index is 11.0. The van der Waals surface area contributed by atoms with Gasteiger partial charge in [0, 0.05) is 30.4 Å². The van der Waals surface area contributed by atoms with Gasteiger partial charge in [-0.25, -0.2) is 4.79 Å². The summed E-state index contributed by atoms with van der Waals surface area (Å²) in [5, 5.41) is 0.585. The fourth-order valence-corrected chi connectivity index (χ4v) is 2.91. The minimum Gasteiger partial charge on any atom is -0.382 e. The summed E-state index contributed by atoms with van der Waals surface area (Å²) in [5.41, 5.74) is 2.66. The second kappa shape index (κ2) is 11.1. The van der Waals surface area contributed by atoms with Crippen molar-refractivity contribution in [3.63, 3.8) is 0 Å². The summed E-state index contributed by atoms with van der Waals surface area (Å²) in [6.07, 6.45) is 1.60. The number of hydrogen-bond acceptors (Lipinski definition) is 6. The Morgan fingerprint density at radius 2 is 1.57 bits per heavy atom. The average molecular weight is 406 g/mol. The Balaban J connectivity index is 2.68. The maximum absolute atomic E-state index is 11.0. The summed E-state index contributed by atoms with van der Waals surface area (Å²) in [5.74, 6) is -1.33. The molecule has 2 aromatic carbocycles. The standard InChI is InChI=1S/C21H24ClNO5/c1-16-4-9-20(23-15-24)19(14-16)21(27-12-10-25-2,28-13-11-26-3)17-5-7-18(22)8-6-17/h4-9,14H,10-13H2,1-3H3. The Morgan fingerprint density at radius 1 is 0.964 bits per heavy atom. The third-order valence-electron chi connectivity index (χ3n) is 4.08. The lowest BCUT2D eigenvalue weighted by molar-refractivity contribution is -0.226. The molecule has 0 heterocycles. The van der Waals surface area contributed by atoms with Crippen molar-refractivity contribution in [1.82, 2.24) is 0 Å². The van der Waals surface area contributed by atoms with Gasteiger partial charge in [0.15, 0.2) is 0 Å². The van der Waals surface area contributed by atoms with Crippen LogP contribution in [0.5, 0.6) is 0 Å². The van der Waals surface area contributed by atoms with Crippen LogP contribution in [-0.4, -0.2) is 46.7 Å². The molecule has 0 spiro atoms. The van der Waals surface area contributed by atoms with Crippen LogP contribution in [0.4, 0.5) is 5.69 Å². The highest BCUT2D eigenvalue weighted by molar-refractivity contribution is 6.30. The number of isocyanates is 1. The molecule has 0 amide bonds. The molecule has 0 saturated carbocycles. The lowest BCUT2D eigenvalue weighted by Crippen LogP contribution is -2.37. The first kappa shape index (κ1) is 22.2. The first-order chi connectivity index (χ1) is 13.6. The third-order valence-corrected chi connectivity index (χ3v) is 4.33. The van der Waals surface area contributed by atoms with Gasteiger partial charge in [0.2, 0.25) is 11.9 Å². The van der Waals surface area contributed by atoms with Crippen molar-refractivity contribution in [3.8, 4) is 0 Å². The molecule has 150 valence electrons. The first-order valence-electron chi connectivity index (χ1n) is 8.78. The van der Waals surface area contributed by atoms with Crippen LogP contribution in [-0.2, 0) is 29.5 Å². The van der Waals surface area contributed by atoms with E-state index in [1.54, 1.807) is 38.5 Å². The molecule has 0 fully saturated rings. The van der Waals surface area contributed by atoms with E-state index in [0.29, 0.717) is 35.1 Å². The molecule has 0 unspecified atom stereocenters. The topological polar surface area (TPSA) is 66.3 Å². The van der Waals surface area contributed by atoms with Crippen molar-refractivity contribution in [2.24, 2.45) is 4.99 Å². The monoisotopic (exact) mass is 405 g/mol. The summed E-state index contributed by atoms with van der Waals surface area (Å²) in [7, 11) is 3.18. The minimum absolute atomic E-state index is 0.254. The fourth-order valence-electron chi connectivity index (χ4n) is 2.79. The van der Waals surface area contributed by atoms with Crippen molar-refractivity contribution in [1.29, 1.82) is 0 Å². The molecule has 0 aliphatic rings. The van der Waals surface area contributed by atoms with Gasteiger partial charge >= 0.3 is 0 Å². The number of nitrogens with zero attached hydrogens (tertiary/aromatic N) is 1. The summed E-state index contributed by atoms with van der Waals surface area (Å²) < 4.78 is 22.8. The normalized spacial score (nSPS) is 11.3. The molecule has 0 bridgehead atoms. The van der Waals surface area contributed by atoms with E-state index in [-0.39, 0.29) is 13.2 Å². The molecule has 28 heavy (non-hydrogen) atoms. The van der Waals surface area contributed by atoms with Gasteiger partial charge in [-0.3, -0.25) is 0 Å². The number of aryl methyl sites for hydroxylation is 1. The van der Waals surface area contributed by atoms with E-state index in [1.165, 1.54) is 0 Å². The Kier molecular flexibility index (Phi) is 8.80. The first-order valence-corrected chi connectivity index (χ1v) is 9.16. The van der Waals surface area contributed by atoms with Crippen LogP contribution in [0.15, 0.2) is 47.5 Å². The third kappa shape index (κ3) is 5.49. The number of hydrogen-bond donors (Lipinski definition) is 0. The quantitative estimate of drug-likeness (QED) is 0.243.